The van der Waals surface area contributed by atoms with E-state index in [9.17, 15) is 4.79 Å². The molecule has 0 spiro atoms. The van der Waals surface area contributed by atoms with Crippen LogP contribution in [0.2, 0.25) is 5.02 Å². The van der Waals surface area contributed by atoms with Gasteiger partial charge in [0.15, 0.2) is 18.0 Å². The topological polar surface area (TPSA) is 55.2 Å². The highest BCUT2D eigenvalue weighted by Gasteiger charge is 2.22. The van der Waals surface area contributed by atoms with E-state index in [1.165, 1.54) is 4.90 Å². The van der Waals surface area contributed by atoms with Gasteiger partial charge in [-0.25, -0.2) is 0 Å². The number of ether oxygens (including phenoxy) is 2. The number of anilines is 2. The number of piperazine rings is 1. The Morgan fingerprint density at radius 2 is 1.79 bits per heavy atom. The summed E-state index contributed by atoms with van der Waals surface area (Å²) in [4.78, 5) is 16.1. The zero-order valence-electron chi connectivity index (χ0n) is 17.0. The number of hydrogen-bond acceptors (Lipinski definition) is 4. The van der Waals surface area contributed by atoms with Crippen molar-refractivity contribution < 1.29 is 19.2 Å². The Morgan fingerprint density at radius 1 is 1.07 bits per heavy atom. The van der Waals surface area contributed by atoms with Crippen molar-refractivity contribution in [3.63, 3.8) is 0 Å². The van der Waals surface area contributed by atoms with Gasteiger partial charge in [0.2, 0.25) is 0 Å². The third kappa shape index (κ3) is 6.02. The van der Waals surface area contributed by atoms with Crippen LogP contribution in [0.15, 0.2) is 42.5 Å². The van der Waals surface area contributed by atoms with Crippen LogP contribution in [-0.4, -0.2) is 51.8 Å². The summed E-state index contributed by atoms with van der Waals surface area (Å²) >= 11 is 6.10. The van der Waals surface area contributed by atoms with Gasteiger partial charge in [-0.15, -0.1) is 0 Å². The number of halogens is 1. The number of rotatable bonds is 8. The number of benzene rings is 2. The lowest BCUT2D eigenvalue weighted by Gasteiger charge is -2.33. The molecule has 0 radical (unpaired) electrons. The Labute approximate surface area is 177 Å². The minimum Gasteiger partial charge on any atom is -0.490 e. The molecular formula is C22H29ClN3O3+. The summed E-state index contributed by atoms with van der Waals surface area (Å²) in [6.45, 7) is 9.03. The van der Waals surface area contributed by atoms with Gasteiger partial charge in [0.1, 0.15) is 0 Å². The summed E-state index contributed by atoms with van der Waals surface area (Å²) in [6.07, 6.45) is 0. The van der Waals surface area contributed by atoms with E-state index in [0.29, 0.717) is 31.3 Å². The molecule has 0 atom stereocenters. The largest absolute Gasteiger partial charge is 0.490 e. The first kappa shape index (κ1) is 21.3. The van der Waals surface area contributed by atoms with E-state index in [2.05, 4.69) is 16.3 Å². The van der Waals surface area contributed by atoms with Crippen LogP contribution < -0.4 is 24.6 Å². The van der Waals surface area contributed by atoms with Crippen molar-refractivity contribution in [1.29, 1.82) is 0 Å². The highest BCUT2D eigenvalue weighted by molar-refractivity contribution is 6.30. The van der Waals surface area contributed by atoms with Crippen LogP contribution in [0.3, 0.4) is 0 Å². The van der Waals surface area contributed by atoms with Gasteiger partial charge in [-0.1, -0.05) is 17.7 Å². The van der Waals surface area contributed by atoms with Gasteiger partial charge in [0, 0.05) is 22.5 Å². The van der Waals surface area contributed by atoms with Crippen LogP contribution in [0, 0.1) is 0 Å². The Balaban J connectivity index is 1.52. The normalized spacial score (nSPS) is 14.5. The molecule has 6 nitrogen and oxygen atoms in total. The second-order valence-corrected chi connectivity index (χ2v) is 7.41. The van der Waals surface area contributed by atoms with Crippen LogP contribution >= 0.6 is 11.6 Å². The molecule has 0 unspecified atom stereocenters. The van der Waals surface area contributed by atoms with E-state index in [-0.39, 0.29) is 5.91 Å². The maximum Gasteiger partial charge on any atom is 0.279 e. The predicted octanol–water partition coefficient (Wildman–Crippen LogP) is 2.48. The fourth-order valence-electron chi connectivity index (χ4n) is 3.49. The molecule has 1 heterocycles. The molecule has 156 valence electrons. The first-order valence-corrected chi connectivity index (χ1v) is 10.5. The molecule has 0 bridgehead atoms. The minimum absolute atomic E-state index is 0.00261. The number of amides is 1. The first-order chi connectivity index (χ1) is 14.1. The fourth-order valence-corrected chi connectivity index (χ4v) is 3.68. The summed E-state index contributed by atoms with van der Waals surface area (Å²) in [5.74, 6) is 1.34. The van der Waals surface area contributed by atoms with E-state index in [1.807, 2.05) is 50.2 Å². The van der Waals surface area contributed by atoms with E-state index >= 15 is 0 Å². The molecule has 1 fully saturated rings. The number of nitrogens with one attached hydrogen (secondary N) is 2. The molecule has 29 heavy (non-hydrogen) atoms. The van der Waals surface area contributed by atoms with Gasteiger partial charge in [-0.2, -0.15) is 0 Å². The molecule has 1 aliphatic rings. The second kappa shape index (κ2) is 10.4. The molecule has 7 heteroatoms. The average molecular weight is 419 g/mol. The molecule has 0 aliphatic carbocycles. The average Bonchev–Trinajstić information content (AvgIpc) is 2.71. The lowest BCUT2D eigenvalue weighted by atomic mass is 10.2. The molecule has 2 aromatic carbocycles. The molecule has 2 aromatic rings. The van der Waals surface area contributed by atoms with Crippen molar-refractivity contribution in [3.8, 4) is 11.5 Å². The number of carbonyl (C=O) groups excluding carboxylic acids is 1. The molecule has 0 saturated carbocycles. The molecular weight excluding hydrogens is 390 g/mol. The molecule has 1 saturated heterocycles. The Morgan fingerprint density at radius 3 is 2.48 bits per heavy atom. The standard InChI is InChI=1S/C22H28ClN3O3/c1-3-28-20-9-8-18(15-21(20)29-4-2)24-22(27)16-25-10-12-26(13-11-25)19-7-5-6-17(23)14-19/h5-9,14-15H,3-4,10-13,16H2,1-2H3,(H,24,27)/p+1. The van der Waals surface area contributed by atoms with Crippen LogP contribution in [0.1, 0.15) is 13.8 Å². The fraction of sp³-hybridized carbons (Fsp3) is 0.409. The van der Waals surface area contributed by atoms with Gasteiger partial charge in [0.05, 0.1) is 39.4 Å². The van der Waals surface area contributed by atoms with Crippen molar-refractivity contribution in [2.75, 3.05) is 56.2 Å². The molecule has 0 aromatic heterocycles. The Hall–Kier alpha value is -2.44. The Bertz CT molecular complexity index is 823. The highest BCUT2D eigenvalue weighted by atomic mass is 35.5. The van der Waals surface area contributed by atoms with E-state index in [4.69, 9.17) is 21.1 Å². The van der Waals surface area contributed by atoms with E-state index < -0.39 is 0 Å². The van der Waals surface area contributed by atoms with Crippen LogP contribution in [0.25, 0.3) is 0 Å². The summed E-state index contributed by atoms with van der Waals surface area (Å²) in [5, 5.41) is 3.73. The van der Waals surface area contributed by atoms with Crippen LogP contribution in [0.4, 0.5) is 11.4 Å². The lowest BCUT2D eigenvalue weighted by Crippen LogP contribution is -3.15. The smallest absolute Gasteiger partial charge is 0.279 e. The maximum atomic E-state index is 12.5. The zero-order valence-corrected chi connectivity index (χ0v) is 17.8. The third-order valence-corrected chi connectivity index (χ3v) is 5.12. The summed E-state index contributed by atoms with van der Waals surface area (Å²) in [7, 11) is 0. The number of nitrogens with zero attached hydrogens (tertiary/aromatic N) is 1. The van der Waals surface area contributed by atoms with Gasteiger partial charge in [-0.05, 0) is 44.2 Å². The van der Waals surface area contributed by atoms with E-state index in [1.54, 1.807) is 0 Å². The molecule has 1 aliphatic heterocycles. The third-order valence-electron chi connectivity index (χ3n) is 4.88. The second-order valence-electron chi connectivity index (χ2n) is 6.97. The highest BCUT2D eigenvalue weighted by Crippen LogP contribution is 2.30. The number of carbonyl (C=O) groups is 1. The van der Waals surface area contributed by atoms with Gasteiger partial charge in [0.25, 0.3) is 5.91 Å². The van der Waals surface area contributed by atoms with Crippen molar-refractivity contribution >= 4 is 28.9 Å². The van der Waals surface area contributed by atoms with E-state index in [0.717, 1.165) is 42.6 Å². The Kier molecular flexibility index (Phi) is 7.61. The summed E-state index contributed by atoms with van der Waals surface area (Å²) in [6, 6.07) is 13.4. The summed E-state index contributed by atoms with van der Waals surface area (Å²) < 4.78 is 11.2. The van der Waals surface area contributed by atoms with Crippen LogP contribution in [-0.2, 0) is 4.79 Å². The molecule has 3 rings (SSSR count). The SMILES string of the molecule is CCOc1ccc(NC(=O)C[NH+]2CCN(c3cccc(Cl)c3)CC2)cc1OCC. The van der Waals surface area contributed by atoms with Crippen molar-refractivity contribution in [3.05, 3.63) is 47.5 Å². The lowest BCUT2D eigenvalue weighted by molar-refractivity contribution is -0.892. The quantitative estimate of drug-likeness (QED) is 0.691. The molecule has 1 amide bonds. The maximum absolute atomic E-state index is 12.5. The number of hydrogen-bond donors (Lipinski definition) is 2. The van der Waals surface area contributed by atoms with Crippen molar-refractivity contribution in [2.24, 2.45) is 0 Å². The van der Waals surface area contributed by atoms with Crippen molar-refractivity contribution in [2.45, 2.75) is 13.8 Å². The monoisotopic (exact) mass is 418 g/mol. The predicted molar refractivity (Wildman–Crippen MR) is 117 cm³/mol. The summed E-state index contributed by atoms with van der Waals surface area (Å²) in [5.41, 5.74) is 1.86. The zero-order chi connectivity index (χ0) is 20.6. The van der Waals surface area contributed by atoms with Gasteiger partial charge < -0.3 is 24.6 Å². The van der Waals surface area contributed by atoms with Gasteiger partial charge >= 0.3 is 0 Å². The van der Waals surface area contributed by atoms with Gasteiger partial charge in [-0.3, -0.25) is 4.79 Å². The van der Waals surface area contributed by atoms with Crippen molar-refractivity contribution in [1.82, 2.24) is 0 Å². The minimum atomic E-state index is 0.00261. The first-order valence-electron chi connectivity index (χ1n) is 10.1. The molecule has 2 N–H and O–H groups in total. The van der Waals surface area contributed by atoms with Crippen LogP contribution in [0.5, 0.6) is 11.5 Å². The number of quaternary nitrogens is 1.